The summed E-state index contributed by atoms with van der Waals surface area (Å²) in [4.78, 5) is 0. The van der Waals surface area contributed by atoms with Crippen LogP contribution in [0.3, 0.4) is 0 Å². The van der Waals surface area contributed by atoms with Crippen molar-refractivity contribution in [3.63, 3.8) is 0 Å². The SMILES string of the molecule is CC(C)(C)c1ccc(CNCC2CCCCC2CO)cc1. The molecule has 0 saturated heterocycles. The van der Waals surface area contributed by atoms with E-state index in [1.807, 2.05) is 0 Å². The highest BCUT2D eigenvalue weighted by atomic mass is 16.3. The van der Waals surface area contributed by atoms with Gasteiger partial charge in [-0.25, -0.2) is 0 Å². The largest absolute Gasteiger partial charge is 0.396 e. The van der Waals surface area contributed by atoms with Crippen LogP contribution in [-0.4, -0.2) is 18.3 Å². The Morgan fingerprint density at radius 3 is 2.24 bits per heavy atom. The van der Waals surface area contributed by atoms with Crippen molar-refractivity contribution in [2.45, 2.75) is 58.4 Å². The van der Waals surface area contributed by atoms with Crippen LogP contribution in [0.15, 0.2) is 24.3 Å². The Bertz CT molecular complexity index is 418. The van der Waals surface area contributed by atoms with E-state index >= 15 is 0 Å². The maximum Gasteiger partial charge on any atom is 0.0462 e. The lowest BCUT2D eigenvalue weighted by atomic mass is 9.79. The molecule has 2 nitrogen and oxygen atoms in total. The summed E-state index contributed by atoms with van der Waals surface area (Å²) in [6, 6.07) is 8.96. The number of benzene rings is 1. The van der Waals surface area contributed by atoms with E-state index in [-0.39, 0.29) is 5.41 Å². The van der Waals surface area contributed by atoms with Crippen molar-refractivity contribution in [2.24, 2.45) is 11.8 Å². The van der Waals surface area contributed by atoms with Gasteiger partial charge in [-0.05, 0) is 47.8 Å². The molecule has 2 unspecified atom stereocenters. The second-order valence-electron chi connectivity index (χ2n) is 7.57. The first kappa shape index (κ1) is 16.5. The van der Waals surface area contributed by atoms with Gasteiger partial charge in [-0.15, -0.1) is 0 Å². The molecular formula is C19H31NO. The van der Waals surface area contributed by atoms with Crippen LogP contribution in [0.1, 0.15) is 57.6 Å². The predicted molar refractivity (Wildman–Crippen MR) is 89.4 cm³/mol. The molecule has 0 amide bonds. The number of rotatable bonds is 5. The van der Waals surface area contributed by atoms with E-state index in [2.05, 4.69) is 50.4 Å². The summed E-state index contributed by atoms with van der Waals surface area (Å²) < 4.78 is 0. The van der Waals surface area contributed by atoms with Gasteiger partial charge in [-0.3, -0.25) is 0 Å². The Labute approximate surface area is 130 Å². The lowest BCUT2D eigenvalue weighted by molar-refractivity contribution is 0.133. The van der Waals surface area contributed by atoms with Crippen LogP contribution in [0, 0.1) is 11.8 Å². The molecule has 0 heterocycles. The van der Waals surface area contributed by atoms with Gasteiger partial charge in [0.05, 0.1) is 0 Å². The topological polar surface area (TPSA) is 32.3 Å². The van der Waals surface area contributed by atoms with Gasteiger partial charge < -0.3 is 10.4 Å². The van der Waals surface area contributed by atoms with Crippen LogP contribution in [-0.2, 0) is 12.0 Å². The fourth-order valence-electron chi connectivity index (χ4n) is 3.32. The predicted octanol–water partition coefficient (Wildman–Crippen LogP) is 3.87. The van der Waals surface area contributed by atoms with Crippen LogP contribution in [0.5, 0.6) is 0 Å². The fraction of sp³-hybridized carbons (Fsp3) is 0.684. The zero-order valence-electron chi connectivity index (χ0n) is 13.9. The van der Waals surface area contributed by atoms with Gasteiger partial charge in [0.25, 0.3) is 0 Å². The Kier molecular flexibility index (Phi) is 5.83. The highest BCUT2D eigenvalue weighted by molar-refractivity contribution is 5.27. The standard InChI is InChI=1S/C19H31NO/c1-19(2,3)18-10-8-15(9-11-18)12-20-13-16-6-4-5-7-17(16)14-21/h8-11,16-17,20-21H,4-7,12-14H2,1-3H3. The van der Waals surface area contributed by atoms with E-state index in [9.17, 15) is 5.11 Å². The molecule has 2 heteroatoms. The molecule has 118 valence electrons. The van der Waals surface area contributed by atoms with Gasteiger partial charge in [0.15, 0.2) is 0 Å². The molecule has 21 heavy (non-hydrogen) atoms. The Morgan fingerprint density at radius 1 is 1.05 bits per heavy atom. The maximum absolute atomic E-state index is 9.46. The summed E-state index contributed by atoms with van der Waals surface area (Å²) in [6.07, 6.45) is 5.07. The fourth-order valence-corrected chi connectivity index (χ4v) is 3.32. The van der Waals surface area contributed by atoms with E-state index < -0.39 is 0 Å². The van der Waals surface area contributed by atoms with Gasteiger partial charge in [-0.1, -0.05) is 57.9 Å². The summed E-state index contributed by atoms with van der Waals surface area (Å²) in [5.41, 5.74) is 2.96. The minimum absolute atomic E-state index is 0.225. The molecule has 1 aliphatic rings. The van der Waals surface area contributed by atoms with E-state index in [0.29, 0.717) is 18.4 Å². The lowest BCUT2D eigenvalue weighted by Crippen LogP contribution is -2.32. The van der Waals surface area contributed by atoms with E-state index in [1.165, 1.54) is 36.8 Å². The van der Waals surface area contributed by atoms with Gasteiger partial charge in [-0.2, -0.15) is 0 Å². The molecule has 2 rings (SSSR count). The normalized spacial score (nSPS) is 23.2. The maximum atomic E-state index is 9.46. The van der Waals surface area contributed by atoms with Gasteiger partial charge in [0.2, 0.25) is 0 Å². The van der Waals surface area contributed by atoms with Crippen molar-refractivity contribution in [1.29, 1.82) is 0 Å². The molecule has 1 saturated carbocycles. The summed E-state index contributed by atoms with van der Waals surface area (Å²) >= 11 is 0. The molecular weight excluding hydrogens is 258 g/mol. The van der Waals surface area contributed by atoms with Crippen molar-refractivity contribution in [2.75, 3.05) is 13.2 Å². The second-order valence-corrected chi connectivity index (χ2v) is 7.57. The third kappa shape index (κ3) is 4.82. The second kappa shape index (κ2) is 7.42. The first-order chi connectivity index (χ1) is 10.0. The molecule has 2 N–H and O–H groups in total. The van der Waals surface area contributed by atoms with E-state index in [4.69, 9.17) is 0 Å². The molecule has 0 bridgehead atoms. The van der Waals surface area contributed by atoms with Crippen LogP contribution in [0.2, 0.25) is 0 Å². The zero-order chi connectivity index (χ0) is 15.3. The summed E-state index contributed by atoms with van der Waals surface area (Å²) in [6.45, 7) is 9.06. The van der Waals surface area contributed by atoms with Gasteiger partial charge in [0, 0.05) is 13.2 Å². The molecule has 1 aliphatic carbocycles. The Balaban J connectivity index is 1.80. The highest BCUT2D eigenvalue weighted by Gasteiger charge is 2.23. The average Bonchev–Trinajstić information content (AvgIpc) is 2.47. The van der Waals surface area contributed by atoms with Crippen molar-refractivity contribution >= 4 is 0 Å². The van der Waals surface area contributed by atoms with Crippen LogP contribution < -0.4 is 5.32 Å². The van der Waals surface area contributed by atoms with Crippen LogP contribution >= 0.6 is 0 Å². The molecule has 2 atom stereocenters. The number of hydrogen-bond donors (Lipinski definition) is 2. The first-order valence-corrected chi connectivity index (χ1v) is 8.41. The Hall–Kier alpha value is -0.860. The van der Waals surface area contributed by atoms with Crippen molar-refractivity contribution in [1.82, 2.24) is 5.32 Å². The highest BCUT2D eigenvalue weighted by Crippen LogP contribution is 2.29. The number of nitrogens with one attached hydrogen (secondary N) is 1. The molecule has 1 fully saturated rings. The molecule has 1 aromatic rings. The van der Waals surface area contributed by atoms with Crippen LogP contribution in [0.4, 0.5) is 0 Å². The summed E-state index contributed by atoms with van der Waals surface area (Å²) in [5.74, 6) is 1.16. The van der Waals surface area contributed by atoms with Crippen molar-refractivity contribution in [3.8, 4) is 0 Å². The van der Waals surface area contributed by atoms with Gasteiger partial charge >= 0.3 is 0 Å². The number of aliphatic hydroxyl groups excluding tert-OH is 1. The third-order valence-electron chi connectivity index (χ3n) is 4.86. The lowest BCUT2D eigenvalue weighted by Gasteiger charge is -2.30. The van der Waals surface area contributed by atoms with E-state index in [0.717, 1.165) is 13.1 Å². The monoisotopic (exact) mass is 289 g/mol. The summed E-state index contributed by atoms with van der Waals surface area (Å²) in [5, 5.41) is 13.0. The Morgan fingerprint density at radius 2 is 1.67 bits per heavy atom. The summed E-state index contributed by atoms with van der Waals surface area (Å²) in [7, 11) is 0. The third-order valence-corrected chi connectivity index (χ3v) is 4.86. The smallest absolute Gasteiger partial charge is 0.0462 e. The minimum Gasteiger partial charge on any atom is -0.396 e. The van der Waals surface area contributed by atoms with Crippen molar-refractivity contribution in [3.05, 3.63) is 35.4 Å². The molecule has 0 radical (unpaired) electrons. The van der Waals surface area contributed by atoms with E-state index in [1.54, 1.807) is 0 Å². The average molecular weight is 289 g/mol. The zero-order valence-corrected chi connectivity index (χ0v) is 13.9. The quantitative estimate of drug-likeness (QED) is 0.862. The van der Waals surface area contributed by atoms with Crippen molar-refractivity contribution < 1.29 is 5.11 Å². The molecule has 1 aromatic carbocycles. The van der Waals surface area contributed by atoms with Crippen LogP contribution in [0.25, 0.3) is 0 Å². The molecule has 0 spiro atoms. The molecule has 0 aliphatic heterocycles. The minimum atomic E-state index is 0.225. The van der Waals surface area contributed by atoms with Gasteiger partial charge in [0.1, 0.15) is 0 Å². The number of aliphatic hydroxyl groups is 1. The molecule has 0 aromatic heterocycles. The number of hydrogen-bond acceptors (Lipinski definition) is 2. The first-order valence-electron chi connectivity index (χ1n) is 8.41.